The molecule has 1 saturated heterocycles. The van der Waals surface area contributed by atoms with Crippen LogP contribution in [0.1, 0.15) is 12.2 Å². The molecule has 7 nitrogen and oxygen atoms in total. The molecule has 20 heavy (non-hydrogen) atoms. The largest absolute Gasteiger partial charge is 0.467 e. The highest BCUT2D eigenvalue weighted by molar-refractivity contribution is 7.91. The van der Waals surface area contributed by atoms with Crippen molar-refractivity contribution in [2.24, 2.45) is 0 Å². The number of rotatable bonds is 3. The van der Waals surface area contributed by atoms with Crippen LogP contribution < -0.4 is 5.32 Å². The second-order valence-corrected chi connectivity index (χ2v) is 6.96. The molecular formula is C12H16N2O5S. The highest BCUT2D eigenvalue weighted by Crippen LogP contribution is 2.16. The number of nitrogens with zero attached hydrogens (tertiary/aromatic N) is 1. The SMILES string of the molecule is CN(C(=O)C(=O)NCc1ccco1)C1CCS(=O)(=O)C1. The van der Waals surface area contributed by atoms with Crippen molar-refractivity contribution in [2.45, 2.75) is 19.0 Å². The third-order valence-electron chi connectivity index (χ3n) is 3.27. The molecule has 0 aliphatic carbocycles. The van der Waals surface area contributed by atoms with Gasteiger partial charge in [0.15, 0.2) is 9.84 Å². The number of carbonyl (C=O) groups is 2. The predicted octanol–water partition coefficient (Wildman–Crippen LogP) is -0.459. The van der Waals surface area contributed by atoms with E-state index in [9.17, 15) is 18.0 Å². The Labute approximate surface area is 116 Å². The summed E-state index contributed by atoms with van der Waals surface area (Å²) < 4.78 is 27.8. The lowest BCUT2D eigenvalue weighted by Crippen LogP contribution is -2.46. The Morgan fingerprint density at radius 1 is 1.50 bits per heavy atom. The van der Waals surface area contributed by atoms with E-state index in [4.69, 9.17) is 4.42 Å². The number of carbonyl (C=O) groups excluding carboxylic acids is 2. The van der Waals surface area contributed by atoms with E-state index in [0.29, 0.717) is 12.2 Å². The average Bonchev–Trinajstić information content (AvgIpc) is 3.03. The van der Waals surface area contributed by atoms with Crippen molar-refractivity contribution in [1.82, 2.24) is 10.2 Å². The van der Waals surface area contributed by atoms with Crippen LogP contribution in [0.2, 0.25) is 0 Å². The zero-order valence-corrected chi connectivity index (χ0v) is 11.9. The summed E-state index contributed by atoms with van der Waals surface area (Å²) in [6.45, 7) is 0.119. The Morgan fingerprint density at radius 3 is 2.80 bits per heavy atom. The monoisotopic (exact) mass is 300 g/mol. The van der Waals surface area contributed by atoms with Crippen LogP contribution in [-0.4, -0.2) is 49.7 Å². The first-order valence-corrected chi connectivity index (χ1v) is 7.99. The Balaban J connectivity index is 1.88. The van der Waals surface area contributed by atoms with Gasteiger partial charge in [0.25, 0.3) is 0 Å². The van der Waals surface area contributed by atoms with Crippen LogP contribution in [0.25, 0.3) is 0 Å². The van der Waals surface area contributed by atoms with Gasteiger partial charge >= 0.3 is 11.8 Å². The highest BCUT2D eigenvalue weighted by Gasteiger charge is 2.34. The Kier molecular flexibility index (Phi) is 4.12. The quantitative estimate of drug-likeness (QED) is 0.762. The number of hydrogen-bond acceptors (Lipinski definition) is 5. The fourth-order valence-electron chi connectivity index (χ4n) is 2.06. The number of nitrogens with one attached hydrogen (secondary N) is 1. The normalized spacial score (nSPS) is 20.6. The van der Waals surface area contributed by atoms with Crippen LogP contribution in [0.5, 0.6) is 0 Å². The van der Waals surface area contributed by atoms with Gasteiger partial charge in [0, 0.05) is 13.1 Å². The predicted molar refractivity (Wildman–Crippen MR) is 70.4 cm³/mol. The molecule has 0 radical (unpaired) electrons. The topological polar surface area (TPSA) is 96.7 Å². The van der Waals surface area contributed by atoms with Crippen LogP contribution >= 0.6 is 0 Å². The maximum atomic E-state index is 11.9. The van der Waals surface area contributed by atoms with Gasteiger partial charge in [-0.15, -0.1) is 0 Å². The number of amides is 2. The number of hydrogen-bond donors (Lipinski definition) is 1. The molecule has 1 N–H and O–H groups in total. The molecule has 0 aromatic carbocycles. The Bertz CT molecular complexity index is 593. The van der Waals surface area contributed by atoms with E-state index in [-0.39, 0.29) is 18.1 Å². The second-order valence-electron chi connectivity index (χ2n) is 4.73. The van der Waals surface area contributed by atoms with Crippen LogP contribution in [0.3, 0.4) is 0 Å². The van der Waals surface area contributed by atoms with Crippen molar-refractivity contribution in [3.8, 4) is 0 Å². The van der Waals surface area contributed by atoms with Crippen LogP contribution in [-0.2, 0) is 26.0 Å². The lowest BCUT2D eigenvalue weighted by atomic mass is 10.2. The molecule has 2 rings (SSSR count). The molecule has 2 amide bonds. The average molecular weight is 300 g/mol. The van der Waals surface area contributed by atoms with E-state index < -0.39 is 27.7 Å². The summed E-state index contributed by atoms with van der Waals surface area (Å²) >= 11 is 0. The summed E-state index contributed by atoms with van der Waals surface area (Å²) in [6, 6.07) is 2.93. The maximum Gasteiger partial charge on any atom is 0.311 e. The fraction of sp³-hybridized carbons (Fsp3) is 0.500. The van der Waals surface area contributed by atoms with Crippen molar-refractivity contribution >= 4 is 21.7 Å². The molecule has 1 atom stereocenters. The molecule has 110 valence electrons. The van der Waals surface area contributed by atoms with Gasteiger partial charge in [0.05, 0.1) is 24.3 Å². The summed E-state index contributed by atoms with van der Waals surface area (Å²) in [7, 11) is -1.64. The highest BCUT2D eigenvalue weighted by atomic mass is 32.2. The minimum absolute atomic E-state index is 0.0588. The van der Waals surface area contributed by atoms with Crippen molar-refractivity contribution < 1.29 is 22.4 Å². The van der Waals surface area contributed by atoms with Crippen LogP contribution in [0, 0.1) is 0 Å². The van der Waals surface area contributed by atoms with Gasteiger partial charge in [-0.25, -0.2) is 8.42 Å². The smallest absolute Gasteiger partial charge is 0.311 e. The van der Waals surface area contributed by atoms with Crippen LogP contribution in [0.4, 0.5) is 0 Å². The fourth-order valence-corrected chi connectivity index (χ4v) is 3.84. The van der Waals surface area contributed by atoms with Gasteiger partial charge in [0.1, 0.15) is 5.76 Å². The lowest BCUT2D eigenvalue weighted by Gasteiger charge is -2.22. The molecule has 0 spiro atoms. The molecule has 0 bridgehead atoms. The van der Waals surface area contributed by atoms with Gasteiger partial charge in [-0.3, -0.25) is 9.59 Å². The lowest BCUT2D eigenvalue weighted by molar-refractivity contribution is -0.146. The number of furan rings is 1. The molecule has 1 aliphatic heterocycles. The molecule has 1 aromatic heterocycles. The van der Waals surface area contributed by atoms with Gasteiger partial charge in [-0.1, -0.05) is 0 Å². The minimum Gasteiger partial charge on any atom is -0.467 e. The molecule has 8 heteroatoms. The van der Waals surface area contributed by atoms with E-state index >= 15 is 0 Å². The molecule has 1 aliphatic rings. The first kappa shape index (κ1) is 14.6. The molecule has 1 unspecified atom stereocenters. The van der Waals surface area contributed by atoms with Gasteiger partial charge < -0.3 is 14.6 Å². The zero-order chi connectivity index (χ0) is 14.8. The van der Waals surface area contributed by atoms with Gasteiger partial charge in [0.2, 0.25) is 0 Å². The Hall–Kier alpha value is -1.83. The third-order valence-corrected chi connectivity index (χ3v) is 5.02. The second kappa shape index (κ2) is 5.66. The first-order valence-electron chi connectivity index (χ1n) is 6.17. The van der Waals surface area contributed by atoms with Crippen molar-refractivity contribution in [1.29, 1.82) is 0 Å². The van der Waals surface area contributed by atoms with Crippen molar-refractivity contribution in [2.75, 3.05) is 18.6 Å². The molecule has 1 aromatic rings. The molecular weight excluding hydrogens is 284 g/mol. The van der Waals surface area contributed by atoms with Gasteiger partial charge in [-0.05, 0) is 18.6 Å². The third kappa shape index (κ3) is 3.38. The summed E-state index contributed by atoms with van der Waals surface area (Å²) in [6.07, 6.45) is 1.84. The van der Waals surface area contributed by atoms with Crippen LogP contribution in [0.15, 0.2) is 22.8 Å². The molecule has 1 fully saturated rings. The number of likely N-dealkylation sites (N-methyl/N-ethyl adjacent to an activating group) is 1. The Morgan fingerprint density at radius 2 is 2.25 bits per heavy atom. The van der Waals surface area contributed by atoms with E-state index in [2.05, 4.69) is 5.32 Å². The minimum atomic E-state index is -3.09. The first-order chi connectivity index (χ1) is 9.39. The summed E-state index contributed by atoms with van der Waals surface area (Å²) in [5, 5.41) is 2.44. The summed E-state index contributed by atoms with van der Waals surface area (Å²) in [5.41, 5.74) is 0. The van der Waals surface area contributed by atoms with E-state index in [1.54, 1.807) is 12.1 Å². The van der Waals surface area contributed by atoms with E-state index in [1.165, 1.54) is 18.2 Å². The standard InChI is InChI=1S/C12H16N2O5S/c1-14(9-4-6-20(17,18)8-9)12(16)11(15)13-7-10-3-2-5-19-10/h2-3,5,9H,4,6-8H2,1H3,(H,13,15). The van der Waals surface area contributed by atoms with Crippen molar-refractivity contribution in [3.05, 3.63) is 24.2 Å². The van der Waals surface area contributed by atoms with Gasteiger partial charge in [-0.2, -0.15) is 0 Å². The summed E-state index contributed by atoms with van der Waals surface area (Å²) in [4.78, 5) is 24.8. The zero-order valence-electron chi connectivity index (χ0n) is 11.0. The maximum absolute atomic E-state index is 11.9. The van der Waals surface area contributed by atoms with Crippen molar-refractivity contribution in [3.63, 3.8) is 0 Å². The van der Waals surface area contributed by atoms with E-state index in [1.807, 2.05) is 0 Å². The molecule has 2 heterocycles. The number of sulfone groups is 1. The molecule has 0 saturated carbocycles. The van der Waals surface area contributed by atoms with E-state index in [0.717, 1.165) is 0 Å². The summed E-state index contributed by atoms with van der Waals surface area (Å²) in [5.74, 6) is -0.992.